The third kappa shape index (κ3) is 4.65. The van der Waals surface area contributed by atoms with E-state index in [1.54, 1.807) is 0 Å². The molecule has 0 saturated heterocycles. The number of hydrogen-bond acceptors (Lipinski definition) is 2. The van der Waals surface area contributed by atoms with Crippen molar-refractivity contribution < 1.29 is 14.6 Å². The Kier molecular flexibility index (Phi) is 5.64. The largest absolute Gasteiger partial charge is 0.482 e. The molecular formula is C29H23NO3. The van der Waals surface area contributed by atoms with Gasteiger partial charge in [0.25, 0.3) is 0 Å². The van der Waals surface area contributed by atoms with Crippen molar-refractivity contribution in [2.45, 2.75) is 6.42 Å². The van der Waals surface area contributed by atoms with Gasteiger partial charge in [0.2, 0.25) is 0 Å². The minimum absolute atomic E-state index is 0.350. The summed E-state index contributed by atoms with van der Waals surface area (Å²) in [6.07, 6.45) is 0.833. The van der Waals surface area contributed by atoms with Crippen molar-refractivity contribution in [3.05, 3.63) is 114 Å². The first-order valence-electron chi connectivity index (χ1n) is 10.9. The Balaban J connectivity index is 1.54. The van der Waals surface area contributed by atoms with E-state index in [1.165, 1.54) is 11.1 Å². The molecule has 0 aliphatic carbocycles. The van der Waals surface area contributed by atoms with Crippen LogP contribution in [0.5, 0.6) is 5.75 Å². The second-order valence-electron chi connectivity index (χ2n) is 8.02. The quantitative estimate of drug-likeness (QED) is 0.306. The molecule has 0 saturated carbocycles. The number of hydrogen-bond donors (Lipinski definition) is 2. The normalized spacial score (nSPS) is 10.9. The summed E-state index contributed by atoms with van der Waals surface area (Å²) in [6.45, 7) is -0.350. The van der Waals surface area contributed by atoms with Crippen molar-refractivity contribution in [2.24, 2.45) is 0 Å². The molecule has 1 heterocycles. The minimum Gasteiger partial charge on any atom is -0.482 e. The van der Waals surface area contributed by atoms with Gasteiger partial charge in [-0.25, -0.2) is 4.79 Å². The average molecular weight is 434 g/mol. The summed E-state index contributed by atoms with van der Waals surface area (Å²) in [4.78, 5) is 14.4. The summed E-state index contributed by atoms with van der Waals surface area (Å²) < 4.78 is 5.32. The zero-order valence-corrected chi connectivity index (χ0v) is 18.0. The Bertz CT molecular complexity index is 1410. The number of nitrogens with one attached hydrogen (secondary N) is 1. The first-order chi connectivity index (χ1) is 16.2. The van der Waals surface area contributed by atoms with Crippen LogP contribution in [0.15, 0.2) is 103 Å². The molecule has 1 aromatic heterocycles. The molecule has 4 aromatic carbocycles. The van der Waals surface area contributed by atoms with E-state index in [4.69, 9.17) is 9.84 Å². The fourth-order valence-electron chi connectivity index (χ4n) is 4.10. The minimum atomic E-state index is -0.989. The lowest BCUT2D eigenvalue weighted by molar-refractivity contribution is -0.139. The summed E-state index contributed by atoms with van der Waals surface area (Å²) in [6, 6.07) is 35.0. The number of aromatic nitrogens is 1. The lowest BCUT2D eigenvalue weighted by atomic mass is 9.99. The number of carboxylic acid groups (broad SMARTS) is 1. The van der Waals surface area contributed by atoms with Crippen molar-refractivity contribution in [3.63, 3.8) is 0 Å². The molecule has 4 heteroatoms. The molecule has 5 rings (SSSR count). The first-order valence-corrected chi connectivity index (χ1v) is 10.9. The van der Waals surface area contributed by atoms with E-state index < -0.39 is 5.97 Å². The predicted molar refractivity (Wildman–Crippen MR) is 132 cm³/mol. The van der Waals surface area contributed by atoms with Gasteiger partial charge in [0.05, 0.1) is 0 Å². The molecule has 0 atom stereocenters. The maximum absolute atomic E-state index is 10.8. The van der Waals surface area contributed by atoms with E-state index >= 15 is 0 Å². The van der Waals surface area contributed by atoms with Crippen LogP contribution in [0.25, 0.3) is 33.3 Å². The number of fused-ring (bicyclic) bond motifs is 1. The van der Waals surface area contributed by atoms with Gasteiger partial charge in [0, 0.05) is 11.4 Å². The lowest BCUT2D eigenvalue weighted by Gasteiger charge is -2.08. The van der Waals surface area contributed by atoms with Gasteiger partial charge in [-0.15, -0.1) is 0 Å². The number of benzene rings is 4. The molecule has 4 nitrogen and oxygen atoms in total. The molecule has 0 unspecified atom stereocenters. The smallest absolute Gasteiger partial charge is 0.341 e. The number of carbonyl (C=O) groups is 1. The third-order valence-electron chi connectivity index (χ3n) is 5.68. The first kappa shape index (κ1) is 20.6. The Morgan fingerprint density at radius 3 is 2.21 bits per heavy atom. The number of carboxylic acids is 1. The van der Waals surface area contributed by atoms with E-state index in [2.05, 4.69) is 59.6 Å². The van der Waals surface area contributed by atoms with E-state index in [0.717, 1.165) is 39.7 Å². The SMILES string of the molecule is O=C(O)COc1ccc2cc(-c3[nH]c(-c4ccccc4)cc3Cc3ccccc3)ccc2c1. The fraction of sp³-hybridized carbons (Fsp3) is 0.0690. The number of H-pyrrole nitrogens is 1. The summed E-state index contributed by atoms with van der Waals surface area (Å²) in [7, 11) is 0. The molecule has 2 N–H and O–H groups in total. The monoisotopic (exact) mass is 433 g/mol. The Labute approximate surface area is 192 Å². The van der Waals surface area contributed by atoms with Gasteiger partial charge in [-0.1, -0.05) is 78.9 Å². The molecule has 33 heavy (non-hydrogen) atoms. The van der Waals surface area contributed by atoms with Gasteiger partial charge in [-0.2, -0.15) is 0 Å². The van der Waals surface area contributed by atoms with Gasteiger partial charge >= 0.3 is 5.97 Å². The molecule has 0 aliphatic heterocycles. The molecule has 0 spiro atoms. The highest BCUT2D eigenvalue weighted by Crippen LogP contribution is 2.33. The fourth-order valence-corrected chi connectivity index (χ4v) is 4.10. The van der Waals surface area contributed by atoms with Crippen LogP contribution in [0.2, 0.25) is 0 Å². The standard InChI is InChI=1S/C29H23NO3/c31-28(32)19-33-26-14-13-22-16-24(12-11-23(22)17-26)29-25(15-20-7-3-1-4-8-20)18-27(30-29)21-9-5-2-6-10-21/h1-14,16-18,30H,15,19H2,(H,31,32). The number of rotatable bonds is 7. The molecule has 162 valence electrons. The average Bonchev–Trinajstić information content (AvgIpc) is 3.27. The van der Waals surface area contributed by atoms with E-state index in [0.29, 0.717) is 5.75 Å². The zero-order chi connectivity index (χ0) is 22.6. The maximum atomic E-state index is 10.8. The van der Waals surface area contributed by atoms with Crippen LogP contribution >= 0.6 is 0 Å². The van der Waals surface area contributed by atoms with Crippen molar-refractivity contribution in [1.29, 1.82) is 0 Å². The Morgan fingerprint density at radius 2 is 1.45 bits per heavy atom. The number of aliphatic carboxylic acids is 1. The number of ether oxygens (including phenoxy) is 1. The van der Waals surface area contributed by atoms with Crippen LogP contribution in [-0.4, -0.2) is 22.7 Å². The molecule has 0 aliphatic rings. The van der Waals surface area contributed by atoms with Gasteiger partial charge in [0.15, 0.2) is 6.61 Å². The van der Waals surface area contributed by atoms with Crippen LogP contribution in [0.4, 0.5) is 0 Å². The molecule has 0 bridgehead atoms. The van der Waals surface area contributed by atoms with E-state index in [1.807, 2.05) is 48.5 Å². The summed E-state index contributed by atoms with van der Waals surface area (Å²) in [5, 5.41) is 10.9. The second-order valence-corrected chi connectivity index (χ2v) is 8.02. The van der Waals surface area contributed by atoms with Gasteiger partial charge in [0.1, 0.15) is 5.75 Å². The van der Waals surface area contributed by atoms with Crippen LogP contribution < -0.4 is 4.74 Å². The third-order valence-corrected chi connectivity index (χ3v) is 5.68. The van der Waals surface area contributed by atoms with Crippen molar-refractivity contribution >= 4 is 16.7 Å². The highest BCUT2D eigenvalue weighted by atomic mass is 16.5. The lowest BCUT2D eigenvalue weighted by Crippen LogP contribution is -2.09. The Hall–Kier alpha value is -4.31. The highest BCUT2D eigenvalue weighted by molar-refractivity contribution is 5.89. The Morgan fingerprint density at radius 1 is 0.758 bits per heavy atom. The van der Waals surface area contributed by atoms with Crippen LogP contribution in [-0.2, 0) is 11.2 Å². The van der Waals surface area contributed by atoms with Gasteiger partial charge < -0.3 is 14.8 Å². The highest BCUT2D eigenvalue weighted by Gasteiger charge is 2.13. The van der Waals surface area contributed by atoms with Crippen LogP contribution in [0.1, 0.15) is 11.1 Å². The molecule has 0 radical (unpaired) electrons. The molecular weight excluding hydrogens is 410 g/mol. The summed E-state index contributed by atoms with van der Waals surface area (Å²) >= 11 is 0. The molecule has 5 aromatic rings. The van der Waals surface area contributed by atoms with Crippen molar-refractivity contribution in [2.75, 3.05) is 6.61 Å². The van der Waals surface area contributed by atoms with Crippen LogP contribution in [0, 0.1) is 0 Å². The van der Waals surface area contributed by atoms with Crippen molar-refractivity contribution in [1.82, 2.24) is 4.98 Å². The van der Waals surface area contributed by atoms with E-state index in [-0.39, 0.29) is 6.61 Å². The topological polar surface area (TPSA) is 62.3 Å². The van der Waals surface area contributed by atoms with Crippen molar-refractivity contribution in [3.8, 4) is 28.3 Å². The predicted octanol–water partition coefficient (Wildman–Crippen LogP) is 6.56. The number of aromatic amines is 1. The van der Waals surface area contributed by atoms with E-state index in [9.17, 15) is 4.79 Å². The molecule has 0 amide bonds. The summed E-state index contributed by atoms with van der Waals surface area (Å²) in [5.41, 5.74) is 6.95. The second kappa shape index (κ2) is 9.05. The molecule has 0 fully saturated rings. The van der Waals surface area contributed by atoms with Gasteiger partial charge in [-0.3, -0.25) is 0 Å². The summed E-state index contributed by atoms with van der Waals surface area (Å²) in [5.74, 6) is -0.439. The maximum Gasteiger partial charge on any atom is 0.341 e. The zero-order valence-electron chi connectivity index (χ0n) is 18.0. The van der Waals surface area contributed by atoms with Crippen LogP contribution in [0.3, 0.4) is 0 Å². The van der Waals surface area contributed by atoms with Gasteiger partial charge in [-0.05, 0) is 63.7 Å².